The van der Waals surface area contributed by atoms with Gasteiger partial charge < -0.3 is 20.2 Å². The minimum Gasteiger partial charge on any atom is -0.481 e. The number of nitrogens with zero attached hydrogens (tertiary/aromatic N) is 2. The molecule has 0 unspecified atom stereocenters. The Morgan fingerprint density at radius 2 is 1.00 bits per heavy atom. The molecule has 8 nitrogen and oxygen atoms in total. The van der Waals surface area contributed by atoms with Crippen molar-refractivity contribution in [1.29, 1.82) is 0 Å². The highest BCUT2D eigenvalue weighted by Crippen LogP contribution is 2.46. The SMILES string of the molecule is C=Cc1c(C)c2[nH]c1c(Cl)c1nc(c(Cl)c3nc(c(Cl)c4[nH]c(c(C=C)c4C)c2Cl)C(C)=C3CCC(=O)O)C(CCC(=O)O)=C1C. The predicted octanol–water partition coefficient (Wildman–Crippen LogP) is 10.4. The molecule has 2 aliphatic rings. The third-order valence-corrected chi connectivity index (χ3v) is 10.00. The van der Waals surface area contributed by atoms with E-state index in [2.05, 4.69) is 23.1 Å². The van der Waals surface area contributed by atoms with Gasteiger partial charge in [0.1, 0.15) is 0 Å². The van der Waals surface area contributed by atoms with Crippen molar-refractivity contribution in [3.05, 3.63) is 78.3 Å². The van der Waals surface area contributed by atoms with Crippen molar-refractivity contribution in [2.45, 2.75) is 53.4 Å². The molecule has 0 fully saturated rings. The van der Waals surface area contributed by atoms with Gasteiger partial charge in [-0.2, -0.15) is 0 Å². The molecule has 12 heteroatoms. The van der Waals surface area contributed by atoms with E-state index < -0.39 is 11.9 Å². The lowest BCUT2D eigenvalue weighted by molar-refractivity contribution is -0.137. The number of carbonyl (C=O) groups is 2. The molecule has 0 aliphatic carbocycles. The molecule has 5 rings (SSSR count). The molecule has 238 valence electrons. The number of aliphatic carboxylic acids is 2. The monoisotopic (exact) mass is 698 g/mol. The maximum absolute atomic E-state index is 11.7. The fraction of sp³-hybridized carbons (Fsp3) is 0.235. The molecule has 3 aromatic heterocycles. The van der Waals surface area contributed by atoms with Crippen LogP contribution in [0.5, 0.6) is 0 Å². The molecule has 0 spiro atoms. The summed E-state index contributed by atoms with van der Waals surface area (Å²) in [5.41, 5.74) is 9.07. The second kappa shape index (κ2) is 12.8. The van der Waals surface area contributed by atoms with Gasteiger partial charge in [0.25, 0.3) is 0 Å². The minimum atomic E-state index is -0.992. The van der Waals surface area contributed by atoms with Crippen LogP contribution in [0.4, 0.5) is 0 Å². The van der Waals surface area contributed by atoms with Crippen LogP contribution in [0.3, 0.4) is 0 Å². The Morgan fingerprint density at radius 1 is 0.630 bits per heavy atom. The van der Waals surface area contributed by atoms with Crippen molar-refractivity contribution in [1.82, 2.24) is 19.9 Å². The topological polar surface area (TPSA) is 132 Å². The first kappa shape index (κ1) is 33.5. The number of aryl methyl sites for hydroxylation is 2. The number of fused-ring (bicyclic) bond motifs is 8. The van der Waals surface area contributed by atoms with Crippen LogP contribution < -0.4 is 0 Å². The number of rotatable bonds is 8. The molecule has 2 aliphatic heterocycles. The Hall–Kier alpha value is -3.82. The van der Waals surface area contributed by atoms with Gasteiger partial charge >= 0.3 is 11.9 Å². The van der Waals surface area contributed by atoms with Crippen LogP contribution in [0.25, 0.3) is 56.5 Å². The average Bonchev–Trinajstić information content (AvgIpc) is 3.73. The lowest BCUT2D eigenvalue weighted by Gasteiger charge is -2.08. The van der Waals surface area contributed by atoms with E-state index in [1.54, 1.807) is 19.1 Å². The number of allylic oxidation sites excluding steroid dienone is 4. The van der Waals surface area contributed by atoms with E-state index in [1.807, 2.05) is 20.8 Å². The summed E-state index contributed by atoms with van der Waals surface area (Å²) < 4.78 is 0. The minimum absolute atomic E-state index is 0.116. The highest BCUT2D eigenvalue weighted by molar-refractivity contribution is 6.40. The second-order valence-corrected chi connectivity index (χ2v) is 12.6. The van der Waals surface area contributed by atoms with Crippen LogP contribution in [0.2, 0.25) is 20.1 Å². The van der Waals surface area contributed by atoms with Crippen molar-refractivity contribution in [3.63, 3.8) is 0 Å². The zero-order chi connectivity index (χ0) is 33.8. The van der Waals surface area contributed by atoms with Gasteiger partial charge in [0.15, 0.2) is 0 Å². The summed E-state index contributed by atoms with van der Waals surface area (Å²) in [7, 11) is 0. The van der Waals surface area contributed by atoms with Crippen molar-refractivity contribution in [3.8, 4) is 0 Å². The van der Waals surface area contributed by atoms with Crippen LogP contribution in [0.1, 0.15) is 84.6 Å². The Morgan fingerprint density at radius 3 is 1.39 bits per heavy atom. The molecule has 8 bridgehead atoms. The Labute approximate surface area is 285 Å². The van der Waals surface area contributed by atoms with Gasteiger partial charge in [0.05, 0.1) is 64.9 Å². The van der Waals surface area contributed by atoms with Gasteiger partial charge in [-0.3, -0.25) is 9.59 Å². The number of aromatic amines is 2. The van der Waals surface area contributed by atoms with E-state index in [0.29, 0.717) is 77.7 Å². The lowest BCUT2D eigenvalue weighted by Crippen LogP contribution is -1.98. The Bertz CT molecular complexity index is 2140. The van der Waals surface area contributed by atoms with Gasteiger partial charge in [-0.05, 0) is 74.0 Å². The number of H-pyrrole nitrogens is 2. The molecule has 0 amide bonds. The van der Waals surface area contributed by atoms with Crippen molar-refractivity contribution >= 4 is 115 Å². The predicted molar refractivity (Wildman–Crippen MR) is 189 cm³/mol. The lowest BCUT2D eigenvalue weighted by atomic mass is 9.98. The maximum atomic E-state index is 11.7. The van der Waals surface area contributed by atoms with E-state index in [4.69, 9.17) is 56.4 Å². The number of carboxylic acid groups (broad SMARTS) is 2. The maximum Gasteiger partial charge on any atom is 0.303 e. The molecular formula is C34H30Cl4N4O4. The zero-order valence-electron chi connectivity index (χ0n) is 25.5. The highest BCUT2D eigenvalue weighted by Gasteiger charge is 2.29. The summed E-state index contributed by atoms with van der Waals surface area (Å²) in [6, 6.07) is 0. The summed E-state index contributed by atoms with van der Waals surface area (Å²) in [6.07, 6.45) is 3.23. The molecule has 3 aromatic rings. The summed E-state index contributed by atoms with van der Waals surface area (Å²) in [4.78, 5) is 39.8. The summed E-state index contributed by atoms with van der Waals surface area (Å²) in [5.74, 6) is -1.98. The first-order chi connectivity index (χ1) is 21.7. The number of aromatic nitrogens is 4. The molecule has 0 radical (unpaired) electrons. The molecule has 0 saturated heterocycles. The van der Waals surface area contributed by atoms with Crippen molar-refractivity contribution in [2.75, 3.05) is 0 Å². The Balaban J connectivity index is 2.09. The molecule has 0 atom stereocenters. The third kappa shape index (κ3) is 5.47. The summed E-state index contributed by atoms with van der Waals surface area (Å²) >= 11 is 28.5. The standard InChI is InChI=1S/C34H30Cl4N4O4/c1-7-17-13(3)27-23(35)29-15(5)19(9-11-21(43)44)33(41-29)26(38)34-20(10-12-22(45)46)16(6)30(42-34)25(37)32-18(8-2)14(4)28(40-32)24(36)31(17)39-27/h7-8,39-40H,1-2,9-12H2,3-6H3,(H,43,44)(H,45,46). The molecule has 4 N–H and O–H groups in total. The van der Waals surface area contributed by atoms with Crippen molar-refractivity contribution in [2.24, 2.45) is 0 Å². The molecule has 0 aromatic carbocycles. The largest absolute Gasteiger partial charge is 0.481 e. The van der Waals surface area contributed by atoms with Gasteiger partial charge in [-0.15, -0.1) is 0 Å². The van der Waals surface area contributed by atoms with E-state index in [1.165, 1.54) is 0 Å². The molecule has 46 heavy (non-hydrogen) atoms. The smallest absolute Gasteiger partial charge is 0.303 e. The summed E-state index contributed by atoms with van der Waals surface area (Å²) in [5, 5.41) is 20.1. The normalized spacial score (nSPS) is 13.0. The van der Waals surface area contributed by atoms with Crippen LogP contribution in [0.15, 0.2) is 13.2 Å². The Kier molecular flexibility index (Phi) is 9.30. The van der Waals surface area contributed by atoms with Crippen molar-refractivity contribution < 1.29 is 19.8 Å². The van der Waals surface area contributed by atoms with Crippen LogP contribution >= 0.6 is 46.4 Å². The summed E-state index contributed by atoms with van der Waals surface area (Å²) in [6.45, 7) is 15.4. The van der Waals surface area contributed by atoms with Gasteiger partial charge in [0.2, 0.25) is 0 Å². The van der Waals surface area contributed by atoms with Crippen LogP contribution in [-0.2, 0) is 9.59 Å². The quantitative estimate of drug-likeness (QED) is 0.185. The fourth-order valence-corrected chi connectivity index (χ4v) is 7.38. The molecular weight excluding hydrogens is 670 g/mol. The van der Waals surface area contributed by atoms with E-state index >= 15 is 0 Å². The van der Waals surface area contributed by atoms with Crippen LogP contribution in [0, 0.1) is 13.8 Å². The molecule has 0 saturated carbocycles. The first-order valence-electron chi connectivity index (χ1n) is 14.3. The van der Waals surface area contributed by atoms with Gasteiger partial charge in [-0.25, -0.2) is 9.97 Å². The van der Waals surface area contributed by atoms with Gasteiger partial charge in [0, 0.05) is 24.0 Å². The highest BCUT2D eigenvalue weighted by atomic mass is 35.5. The zero-order valence-corrected chi connectivity index (χ0v) is 28.5. The third-order valence-electron chi connectivity index (χ3n) is 8.53. The number of halogens is 4. The fourth-order valence-electron chi connectivity index (χ4n) is 6.02. The molecule has 5 heterocycles. The average molecular weight is 700 g/mol. The number of nitrogens with one attached hydrogen (secondary N) is 2. The van der Waals surface area contributed by atoms with E-state index in [0.717, 1.165) is 16.7 Å². The van der Waals surface area contributed by atoms with Gasteiger partial charge in [-0.1, -0.05) is 71.7 Å². The second-order valence-electron chi connectivity index (χ2n) is 11.1. The van der Waals surface area contributed by atoms with Crippen LogP contribution in [-0.4, -0.2) is 42.1 Å². The van der Waals surface area contributed by atoms with E-state index in [9.17, 15) is 19.8 Å². The first-order valence-corrected chi connectivity index (χ1v) is 15.8. The number of hydrogen-bond acceptors (Lipinski definition) is 4. The van der Waals surface area contributed by atoms with E-state index in [-0.39, 0.29) is 40.8 Å². The number of carboxylic acids is 2. The number of hydrogen-bond donors (Lipinski definition) is 4.